The van der Waals surface area contributed by atoms with Crippen molar-refractivity contribution in [2.45, 2.75) is 52.5 Å². The minimum atomic E-state index is -1.000. The fourth-order valence-corrected chi connectivity index (χ4v) is 5.52. The van der Waals surface area contributed by atoms with E-state index in [1.54, 1.807) is 55.5 Å². The normalized spacial score (nSPS) is 16.2. The number of carbonyl (C=O) groups is 3. The van der Waals surface area contributed by atoms with Crippen molar-refractivity contribution < 1.29 is 33.7 Å². The Hall–Kier alpha value is -4.18. The van der Waals surface area contributed by atoms with Gasteiger partial charge in [0.05, 0.1) is 37.6 Å². The number of carbonyl (C=O) groups excluding carboxylic acids is 3. The SMILES string of the molecule is CCCCCOc1ccc(C2/C(=C(\O)c3cccc(OCCC)c3)C(=O)C(=O)N2c2nc(C)c(C(=O)OC)s2)cc1. The highest BCUT2D eigenvalue weighted by Crippen LogP contribution is 2.44. The van der Waals surface area contributed by atoms with Gasteiger partial charge in [-0.3, -0.25) is 14.5 Å². The van der Waals surface area contributed by atoms with E-state index in [-0.39, 0.29) is 21.3 Å². The highest BCUT2D eigenvalue weighted by atomic mass is 32.1. The topological polar surface area (TPSA) is 115 Å². The number of unbranched alkanes of at least 4 members (excludes halogenated alkanes) is 2. The molecule has 1 aliphatic rings. The van der Waals surface area contributed by atoms with Gasteiger partial charge in [-0.15, -0.1) is 0 Å². The summed E-state index contributed by atoms with van der Waals surface area (Å²) in [5.74, 6) is -1.46. The molecule has 1 N–H and O–H groups in total. The first-order chi connectivity index (χ1) is 19.8. The molecule has 0 bridgehead atoms. The Bertz CT molecular complexity index is 1440. The standard InChI is InChI=1S/C31H34N2O7S/c1-5-7-8-17-40-22-14-12-20(13-15-22)25-24(26(34)21-10-9-11-23(18-21)39-16-6-2)27(35)29(36)33(25)31-32-19(3)28(41-31)30(37)38-4/h9-15,18,25,34H,5-8,16-17H2,1-4H3/b26-24+. The molecule has 10 heteroatoms. The number of esters is 1. The Balaban J connectivity index is 1.81. The molecule has 0 saturated carbocycles. The zero-order valence-electron chi connectivity index (χ0n) is 23.6. The zero-order valence-corrected chi connectivity index (χ0v) is 24.5. The van der Waals surface area contributed by atoms with Gasteiger partial charge < -0.3 is 19.3 Å². The van der Waals surface area contributed by atoms with E-state index in [4.69, 9.17) is 14.2 Å². The molecular formula is C31H34N2O7S. The molecule has 0 radical (unpaired) electrons. The Morgan fingerprint density at radius 2 is 1.73 bits per heavy atom. The number of amides is 1. The molecule has 41 heavy (non-hydrogen) atoms. The van der Waals surface area contributed by atoms with Crippen LogP contribution in [-0.4, -0.2) is 48.1 Å². The quantitative estimate of drug-likeness (QED) is 0.0885. The third-order valence-electron chi connectivity index (χ3n) is 6.60. The largest absolute Gasteiger partial charge is 0.507 e. The number of aliphatic hydroxyl groups excluding tert-OH is 1. The summed E-state index contributed by atoms with van der Waals surface area (Å²) in [6.07, 6.45) is 3.89. The number of anilines is 1. The van der Waals surface area contributed by atoms with Gasteiger partial charge in [0, 0.05) is 5.56 Å². The molecular weight excluding hydrogens is 544 g/mol. The molecule has 1 aliphatic heterocycles. The summed E-state index contributed by atoms with van der Waals surface area (Å²) in [5, 5.41) is 11.6. The van der Waals surface area contributed by atoms with Gasteiger partial charge in [-0.05, 0) is 49.6 Å². The highest BCUT2D eigenvalue weighted by molar-refractivity contribution is 7.17. The average molecular weight is 579 g/mol. The van der Waals surface area contributed by atoms with Crippen LogP contribution in [-0.2, 0) is 14.3 Å². The number of benzene rings is 2. The minimum absolute atomic E-state index is 0.0910. The molecule has 1 aromatic heterocycles. The average Bonchev–Trinajstić information content (AvgIpc) is 3.50. The lowest BCUT2D eigenvalue weighted by Crippen LogP contribution is -2.29. The molecule has 0 spiro atoms. The van der Waals surface area contributed by atoms with E-state index in [0.717, 1.165) is 37.0 Å². The van der Waals surface area contributed by atoms with Crippen LogP contribution in [0.5, 0.6) is 11.5 Å². The van der Waals surface area contributed by atoms with Gasteiger partial charge in [0.25, 0.3) is 5.78 Å². The molecule has 1 amide bonds. The van der Waals surface area contributed by atoms with Crippen LogP contribution in [0.25, 0.3) is 5.76 Å². The molecule has 4 rings (SSSR count). The lowest BCUT2D eigenvalue weighted by molar-refractivity contribution is -0.132. The van der Waals surface area contributed by atoms with Crippen LogP contribution in [0.3, 0.4) is 0 Å². The van der Waals surface area contributed by atoms with Crippen molar-refractivity contribution in [2.24, 2.45) is 0 Å². The Labute approximate surface area is 243 Å². The fourth-order valence-electron chi connectivity index (χ4n) is 4.51. The third-order valence-corrected chi connectivity index (χ3v) is 7.74. The summed E-state index contributed by atoms with van der Waals surface area (Å²) in [5.41, 5.74) is 1.18. The summed E-state index contributed by atoms with van der Waals surface area (Å²) >= 11 is 0.952. The van der Waals surface area contributed by atoms with Gasteiger partial charge in [0.2, 0.25) is 0 Å². The minimum Gasteiger partial charge on any atom is -0.507 e. The van der Waals surface area contributed by atoms with Gasteiger partial charge in [-0.1, -0.05) is 62.3 Å². The van der Waals surface area contributed by atoms with Crippen LogP contribution in [0.4, 0.5) is 5.13 Å². The zero-order chi connectivity index (χ0) is 29.5. The van der Waals surface area contributed by atoms with Crippen LogP contribution in [0.1, 0.15) is 72.1 Å². The number of aromatic nitrogens is 1. The van der Waals surface area contributed by atoms with E-state index in [9.17, 15) is 19.5 Å². The first-order valence-electron chi connectivity index (χ1n) is 13.6. The summed E-state index contributed by atoms with van der Waals surface area (Å²) in [6.45, 7) is 6.81. The second-order valence-electron chi connectivity index (χ2n) is 9.57. The number of ether oxygens (including phenoxy) is 3. The molecule has 9 nitrogen and oxygen atoms in total. The summed E-state index contributed by atoms with van der Waals surface area (Å²) < 4.78 is 16.4. The number of methoxy groups -OCH3 is 1. The van der Waals surface area contributed by atoms with Gasteiger partial charge in [0.1, 0.15) is 22.1 Å². The van der Waals surface area contributed by atoms with Crippen molar-refractivity contribution >= 4 is 39.9 Å². The Morgan fingerprint density at radius 1 is 1.00 bits per heavy atom. The van der Waals surface area contributed by atoms with Crippen molar-refractivity contribution in [2.75, 3.05) is 25.2 Å². The molecule has 0 aliphatic carbocycles. The predicted molar refractivity (Wildman–Crippen MR) is 157 cm³/mol. The molecule has 2 aromatic carbocycles. The molecule has 3 aromatic rings. The second kappa shape index (κ2) is 13.5. The van der Waals surface area contributed by atoms with E-state index in [2.05, 4.69) is 11.9 Å². The molecule has 2 heterocycles. The van der Waals surface area contributed by atoms with Gasteiger partial charge in [-0.2, -0.15) is 0 Å². The van der Waals surface area contributed by atoms with E-state index >= 15 is 0 Å². The van der Waals surface area contributed by atoms with Crippen molar-refractivity contribution in [3.05, 3.63) is 75.8 Å². The first-order valence-corrected chi connectivity index (χ1v) is 14.4. The van der Waals surface area contributed by atoms with Crippen LogP contribution < -0.4 is 14.4 Å². The number of ketones is 1. The highest BCUT2D eigenvalue weighted by Gasteiger charge is 2.48. The maximum atomic E-state index is 13.5. The van der Waals surface area contributed by atoms with Crippen molar-refractivity contribution in [3.63, 3.8) is 0 Å². The maximum Gasteiger partial charge on any atom is 0.350 e. The van der Waals surface area contributed by atoms with Gasteiger partial charge in [0.15, 0.2) is 5.13 Å². The van der Waals surface area contributed by atoms with Crippen molar-refractivity contribution in [1.29, 1.82) is 0 Å². The maximum absolute atomic E-state index is 13.5. The van der Waals surface area contributed by atoms with E-state index in [0.29, 0.717) is 41.5 Å². The number of aliphatic hydroxyl groups is 1. The van der Waals surface area contributed by atoms with Crippen LogP contribution in [0, 0.1) is 6.92 Å². The lowest BCUT2D eigenvalue weighted by atomic mass is 9.95. The second-order valence-corrected chi connectivity index (χ2v) is 10.6. The number of rotatable bonds is 12. The van der Waals surface area contributed by atoms with E-state index in [1.165, 1.54) is 12.0 Å². The molecule has 1 saturated heterocycles. The molecule has 1 atom stereocenters. The van der Waals surface area contributed by atoms with Gasteiger partial charge >= 0.3 is 11.9 Å². The first kappa shape index (κ1) is 29.8. The Kier molecular flexibility index (Phi) is 9.78. The van der Waals surface area contributed by atoms with Crippen LogP contribution >= 0.6 is 11.3 Å². The molecule has 216 valence electrons. The van der Waals surface area contributed by atoms with Crippen LogP contribution in [0.15, 0.2) is 54.1 Å². The Morgan fingerprint density at radius 3 is 2.41 bits per heavy atom. The number of nitrogens with zero attached hydrogens (tertiary/aromatic N) is 2. The number of hydrogen-bond donors (Lipinski definition) is 1. The van der Waals surface area contributed by atoms with Crippen LogP contribution in [0.2, 0.25) is 0 Å². The summed E-state index contributed by atoms with van der Waals surface area (Å²) in [4.78, 5) is 45.2. The predicted octanol–water partition coefficient (Wildman–Crippen LogP) is 6.22. The molecule has 1 fully saturated rings. The van der Waals surface area contributed by atoms with E-state index in [1.807, 2.05) is 6.92 Å². The third kappa shape index (κ3) is 6.43. The molecule has 1 unspecified atom stereocenters. The number of aryl methyl sites for hydroxylation is 1. The number of thiazole rings is 1. The summed E-state index contributed by atoms with van der Waals surface area (Å²) in [7, 11) is 1.26. The van der Waals surface area contributed by atoms with E-state index < -0.39 is 23.7 Å². The smallest absolute Gasteiger partial charge is 0.350 e. The number of hydrogen-bond acceptors (Lipinski definition) is 9. The number of Topliss-reactive ketones (excluding diaryl/α,β-unsaturated/α-hetero) is 1. The fraction of sp³-hybridized carbons (Fsp3) is 0.355. The lowest BCUT2D eigenvalue weighted by Gasteiger charge is -2.23. The monoisotopic (exact) mass is 578 g/mol. The van der Waals surface area contributed by atoms with Crippen molar-refractivity contribution in [1.82, 2.24) is 4.98 Å². The van der Waals surface area contributed by atoms with Gasteiger partial charge in [-0.25, -0.2) is 9.78 Å². The summed E-state index contributed by atoms with van der Waals surface area (Å²) in [6, 6.07) is 12.8. The van der Waals surface area contributed by atoms with Crippen molar-refractivity contribution in [3.8, 4) is 11.5 Å².